The van der Waals surface area contributed by atoms with Crippen molar-refractivity contribution in [3.05, 3.63) is 22.4 Å². The van der Waals surface area contributed by atoms with Crippen molar-refractivity contribution in [3.63, 3.8) is 0 Å². The van der Waals surface area contributed by atoms with Gasteiger partial charge in [0.05, 0.1) is 0 Å². The van der Waals surface area contributed by atoms with Gasteiger partial charge in [0.2, 0.25) is 0 Å². The molecule has 1 atom stereocenters. The van der Waals surface area contributed by atoms with E-state index in [4.69, 9.17) is 0 Å². The van der Waals surface area contributed by atoms with E-state index in [2.05, 4.69) is 43.6 Å². The first-order valence-corrected chi connectivity index (χ1v) is 7.99. The van der Waals surface area contributed by atoms with Gasteiger partial charge >= 0.3 is 0 Å². The van der Waals surface area contributed by atoms with Crippen molar-refractivity contribution in [1.29, 1.82) is 0 Å². The lowest BCUT2D eigenvalue weighted by Gasteiger charge is -2.24. The smallest absolute Gasteiger partial charge is 0.0416 e. The standard InChI is InChI=1S/C15H27NS/c1-4-8-13(9-5-2)16-14(10-6-3)15-11-7-12-17-15/h7,11-14,16H,4-6,8-10H2,1-3H3. The molecule has 0 saturated carbocycles. The van der Waals surface area contributed by atoms with E-state index in [1.54, 1.807) is 0 Å². The first-order valence-electron chi connectivity index (χ1n) is 7.11. The van der Waals surface area contributed by atoms with E-state index in [-0.39, 0.29) is 0 Å². The van der Waals surface area contributed by atoms with Gasteiger partial charge in [-0.05, 0) is 30.7 Å². The molecule has 0 aliphatic carbocycles. The largest absolute Gasteiger partial charge is 0.306 e. The van der Waals surface area contributed by atoms with Crippen molar-refractivity contribution >= 4 is 11.3 Å². The van der Waals surface area contributed by atoms with E-state index in [1.165, 1.54) is 43.4 Å². The quantitative estimate of drug-likeness (QED) is 0.642. The fraction of sp³-hybridized carbons (Fsp3) is 0.733. The number of rotatable bonds is 9. The molecule has 17 heavy (non-hydrogen) atoms. The highest BCUT2D eigenvalue weighted by Gasteiger charge is 2.16. The number of hydrogen-bond acceptors (Lipinski definition) is 2. The van der Waals surface area contributed by atoms with Crippen LogP contribution in [0.2, 0.25) is 0 Å². The van der Waals surface area contributed by atoms with Crippen LogP contribution in [0.1, 0.15) is 70.2 Å². The minimum absolute atomic E-state index is 0.572. The molecule has 1 unspecified atom stereocenters. The summed E-state index contributed by atoms with van der Waals surface area (Å²) in [6.45, 7) is 6.84. The third-order valence-corrected chi connectivity index (χ3v) is 4.16. The summed E-state index contributed by atoms with van der Waals surface area (Å²) >= 11 is 1.89. The Balaban J connectivity index is 2.57. The summed E-state index contributed by atoms with van der Waals surface area (Å²) in [4.78, 5) is 1.50. The van der Waals surface area contributed by atoms with E-state index in [0.717, 1.165) is 0 Å². The summed E-state index contributed by atoms with van der Waals surface area (Å²) in [7, 11) is 0. The van der Waals surface area contributed by atoms with Gasteiger partial charge < -0.3 is 5.32 Å². The van der Waals surface area contributed by atoms with Crippen molar-refractivity contribution in [2.45, 2.75) is 71.4 Å². The summed E-state index contributed by atoms with van der Waals surface area (Å²) < 4.78 is 0. The topological polar surface area (TPSA) is 12.0 Å². The number of thiophene rings is 1. The third-order valence-electron chi connectivity index (χ3n) is 3.18. The lowest BCUT2D eigenvalue weighted by molar-refractivity contribution is 0.377. The van der Waals surface area contributed by atoms with Gasteiger partial charge in [0, 0.05) is 17.0 Å². The SMILES string of the molecule is CCCC(CCC)NC(CCC)c1cccs1. The summed E-state index contributed by atoms with van der Waals surface area (Å²) in [5, 5.41) is 6.06. The Kier molecular flexibility index (Phi) is 7.54. The molecule has 1 heterocycles. The molecule has 0 aliphatic rings. The van der Waals surface area contributed by atoms with Crippen LogP contribution in [0.5, 0.6) is 0 Å². The van der Waals surface area contributed by atoms with Crippen molar-refractivity contribution in [1.82, 2.24) is 5.32 Å². The van der Waals surface area contributed by atoms with Gasteiger partial charge in [-0.2, -0.15) is 0 Å². The van der Waals surface area contributed by atoms with Crippen molar-refractivity contribution in [2.24, 2.45) is 0 Å². The molecule has 1 nitrogen and oxygen atoms in total. The second-order valence-electron chi connectivity index (χ2n) is 4.80. The average Bonchev–Trinajstić information content (AvgIpc) is 2.82. The van der Waals surface area contributed by atoms with E-state index in [0.29, 0.717) is 12.1 Å². The molecule has 0 bridgehead atoms. The molecule has 0 radical (unpaired) electrons. The molecular formula is C15H27NS. The highest BCUT2D eigenvalue weighted by Crippen LogP contribution is 2.25. The van der Waals surface area contributed by atoms with Crippen molar-refractivity contribution < 1.29 is 0 Å². The predicted octanol–water partition coefficient (Wildman–Crippen LogP) is 5.15. The molecule has 0 fully saturated rings. The van der Waals surface area contributed by atoms with Gasteiger partial charge in [0.15, 0.2) is 0 Å². The molecule has 0 spiro atoms. The highest BCUT2D eigenvalue weighted by molar-refractivity contribution is 7.10. The van der Waals surface area contributed by atoms with Crippen molar-refractivity contribution in [2.75, 3.05) is 0 Å². The van der Waals surface area contributed by atoms with Crippen LogP contribution in [-0.2, 0) is 0 Å². The van der Waals surface area contributed by atoms with Crippen LogP contribution in [0.15, 0.2) is 17.5 Å². The number of nitrogens with one attached hydrogen (secondary N) is 1. The van der Waals surface area contributed by atoms with E-state index >= 15 is 0 Å². The Morgan fingerprint density at radius 1 is 1.06 bits per heavy atom. The van der Waals surface area contributed by atoms with Gasteiger partial charge in [-0.1, -0.05) is 46.1 Å². The second kappa shape index (κ2) is 8.71. The summed E-state index contributed by atoms with van der Waals surface area (Å²) in [6.07, 6.45) is 7.67. The Morgan fingerprint density at radius 3 is 2.18 bits per heavy atom. The molecule has 0 amide bonds. The van der Waals surface area contributed by atoms with Crippen LogP contribution < -0.4 is 5.32 Å². The van der Waals surface area contributed by atoms with Crippen LogP contribution in [-0.4, -0.2) is 6.04 Å². The number of hydrogen-bond donors (Lipinski definition) is 1. The predicted molar refractivity (Wildman–Crippen MR) is 78.7 cm³/mol. The zero-order valence-corrected chi connectivity index (χ0v) is 12.4. The molecule has 1 aromatic rings. The van der Waals surface area contributed by atoms with E-state index in [1.807, 2.05) is 11.3 Å². The lowest BCUT2D eigenvalue weighted by atomic mass is 10.0. The van der Waals surface area contributed by atoms with Crippen LogP contribution in [0.3, 0.4) is 0 Å². The molecule has 1 aromatic heterocycles. The molecule has 0 saturated heterocycles. The third kappa shape index (κ3) is 5.22. The first kappa shape index (κ1) is 14.7. The monoisotopic (exact) mass is 253 g/mol. The zero-order chi connectivity index (χ0) is 12.5. The summed E-state index contributed by atoms with van der Waals surface area (Å²) in [5.74, 6) is 0. The minimum atomic E-state index is 0.572. The van der Waals surface area contributed by atoms with Crippen LogP contribution >= 0.6 is 11.3 Å². The Hall–Kier alpha value is -0.340. The van der Waals surface area contributed by atoms with Gasteiger partial charge in [-0.3, -0.25) is 0 Å². The molecular weight excluding hydrogens is 226 g/mol. The molecule has 0 aliphatic heterocycles. The van der Waals surface area contributed by atoms with Crippen LogP contribution in [0.25, 0.3) is 0 Å². The second-order valence-corrected chi connectivity index (χ2v) is 5.78. The Labute approximate surface area is 111 Å². The highest BCUT2D eigenvalue weighted by atomic mass is 32.1. The molecule has 98 valence electrons. The molecule has 2 heteroatoms. The van der Waals surface area contributed by atoms with Gasteiger partial charge in [0.25, 0.3) is 0 Å². The van der Waals surface area contributed by atoms with Crippen LogP contribution in [0, 0.1) is 0 Å². The summed E-state index contributed by atoms with van der Waals surface area (Å²) in [5.41, 5.74) is 0. The Bertz CT molecular complexity index is 262. The van der Waals surface area contributed by atoms with E-state index in [9.17, 15) is 0 Å². The molecule has 1 rings (SSSR count). The molecule has 0 aromatic carbocycles. The van der Waals surface area contributed by atoms with E-state index < -0.39 is 0 Å². The fourth-order valence-electron chi connectivity index (χ4n) is 2.38. The zero-order valence-electron chi connectivity index (χ0n) is 11.5. The Morgan fingerprint density at radius 2 is 1.71 bits per heavy atom. The maximum Gasteiger partial charge on any atom is 0.0416 e. The minimum Gasteiger partial charge on any atom is -0.306 e. The maximum atomic E-state index is 3.87. The van der Waals surface area contributed by atoms with Gasteiger partial charge in [0.1, 0.15) is 0 Å². The normalized spacial score (nSPS) is 13.2. The van der Waals surface area contributed by atoms with Crippen LogP contribution in [0.4, 0.5) is 0 Å². The lowest BCUT2D eigenvalue weighted by Crippen LogP contribution is -2.32. The average molecular weight is 253 g/mol. The summed E-state index contributed by atoms with van der Waals surface area (Å²) in [6, 6.07) is 5.71. The first-order chi connectivity index (χ1) is 8.31. The van der Waals surface area contributed by atoms with Gasteiger partial charge in [-0.15, -0.1) is 11.3 Å². The fourth-order valence-corrected chi connectivity index (χ4v) is 3.20. The van der Waals surface area contributed by atoms with Gasteiger partial charge in [-0.25, -0.2) is 0 Å². The molecule has 1 N–H and O–H groups in total. The van der Waals surface area contributed by atoms with Crippen molar-refractivity contribution in [3.8, 4) is 0 Å². The maximum absolute atomic E-state index is 3.87.